The fraction of sp³-hybridized carbons (Fsp3) is 0.364. The lowest BCUT2D eigenvalue weighted by atomic mass is 10.2. The molecular formula is C22H26N2O5S2. The summed E-state index contributed by atoms with van der Waals surface area (Å²) in [4.78, 5) is 17.2. The monoisotopic (exact) mass is 462 g/mol. The Kier molecular flexibility index (Phi) is 8.00. The van der Waals surface area contributed by atoms with E-state index in [1.165, 1.54) is 11.3 Å². The number of nitrogens with zero attached hydrogens (tertiary/aromatic N) is 2. The Balaban J connectivity index is 1.79. The molecule has 0 aliphatic heterocycles. The van der Waals surface area contributed by atoms with Gasteiger partial charge in [0.05, 0.1) is 35.4 Å². The first-order chi connectivity index (χ1) is 14.9. The zero-order valence-corrected chi connectivity index (χ0v) is 19.2. The number of methoxy groups -OCH3 is 1. The SMILES string of the molecule is CCOCCn1c(=NC(=O)CCS(=O)(=O)Cc2ccccc2)sc2cc(OC)ccc21. The summed E-state index contributed by atoms with van der Waals surface area (Å²) in [5, 5.41) is 0. The van der Waals surface area contributed by atoms with Gasteiger partial charge in [-0.1, -0.05) is 41.7 Å². The molecule has 0 N–H and O–H groups in total. The Labute approximate surface area is 185 Å². The molecule has 2 aromatic carbocycles. The summed E-state index contributed by atoms with van der Waals surface area (Å²) in [6, 6.07) is 14.6. The Bertz CT molecular complexity index is 1200. The minimum atomic E-state index is -3.40. The van der Waals surface area contributed by atoms with Gasteiger partial charge >= 0.3 is 0 Å². The molecule has 0 fully saturated rings. The van der Waals surface area contributed by atoms with Gasteiger partial charge < -0.3 is 14.0 Å². The highest BCUT2D eigenvalue weighted by Gasteiger charge is 2.15. The highest BCUT2D eigenvalue weighted by Crippen LogP contribution is 2.23. The summed E-state index contributed by atoms with van der Waals surface area (Å²) in [6.45, 7) is 3.55. The van der Waals surface area contributed by atoms with E-state index in [0.717, 1.165) is 16.0 Å². The van der Waals surface area contributed by atoms with Crippen LogP contribution >= 0.6 is 11.3 Å². The third-order valence-corrected chi connectivity index (χ3v) is 7.27. The number of sulfone groups is 1. The molecule has 0 atom stereocenters. The van der Waals surface area contributed by atoms with E-state index in [2.05, 4.69) is 4.99 Å². The van der Waals surface area contributed by atoms with E-state index in [0.29, 0.717) is 30.1 Å². The quantitative estimate of drug-likeness (QED) is 0.432. The maximum atomic E-state index is 12.5. The standard InChI is InChI=1S/C22H26N2O5S2/c1-3-29-13-12-24-19-10-9-18(28-2)15-20(19)30-22(24)23-21(25)11-14-31(26,27)16-17-7-5-4-6-8-17/h4-10,15H,3,11-14,16H2,1-2H3. The Morgan fingerprint density at radius 1 is 1.16 bits per heavy atom. The lowest BCUT2D eigenvalue weighted by Crippen LogP contribution is -2.20. The normalized spacial score (nSPS) is 12.4. The predicted molar refractivity (Wildman–Crippen MR) is 122 cm³/mol. The third kappa shape index (κ3) is 6.49. The van der Waals surface area contributed by atoms with E-state index in [-0.39, 0.29) is 17.9 Å². The van der Waals surface area contributed by atoms with Gasteiger partial charge in [0.15, 0.2) is 14.6 Å². The lowest BCUT2D eigenvalue weighted by Gasteiger charge is -2.06. The first-order valence-electron chi connectivity index (χ1n) is 9.99. The van der Waals surface area contributed by atoms with Crippen LogP contribution in [0.5, 0.6) is 5.75 Å². The zero-order valence-electron chi connectivity index (χ0n) is 17.6. The van der Waals surface area contributed by atoms with Crippen molar-refractivity contribution < 1.29 is 22.7 Å². The van der Waals surface area contributed by atoms with Gasteiger partial charge in [-0.3, -0.25) is 4.79 Å². The van der Waals surface area contributed by atoms with Gasteiger partial charge in [-0.15, -0.1) is 0 Å². The Morgan fingerprint density at radius 3 is 2.65 bits per heavy atom. The number of benzene rings is 2. The number of carbonyl (C=O) groups excluding carboxylic acids is 1. The van der Waals surface area contributed by atoms with Gasteiger partial charge in [-0.05, 0) is 30.7 Å². The van der Waals surface area contributed by atoms with Crippen molar-refractivity contribution in [3.8, 4) is 5.75 Å². The number of thiazole rings is 1. The number of rotatable bonds is 10. The molecule has 0 radical (unpaired) electrons. The molecule has 166 valence electrons. The largest absolute Gasteiger partial charge is 0.497 e. The molecule has 7 nitrogen and oxygen atoms in total. The molecule has 0 unspecified atom stereocenters. The van der Waals surface area contributed by atoms with Gasteiger partial charge in [0.2, 0.25) is 5.91 Å². The fourth-order valence-corrected chi connectivity index (χ4v) is 5.52. The maximum Gasteiger partial charge on any atom is 0.249 e. The predicted octanol–water partition coefficient (Wildman–Crippen LogP) is 3.18. The average molecular weight is 463 g/mol. The number of hydrogen-bond acceptors (Lipinski definition) is 6. The molecule has 1 amide bonds. The van der Waals surface area contributed by atoms with Crippen molar-refractivity contribution in [2.24, 2.45) is 4.99 Å². The second-order valence-corrected chi connectivity index (χ2v) is 10.1. The van der Waals surface area contributed by atoms with Crippen LogP contribution in [0.1, 0.15) is 18.9 Å². The molecule has 0 saturated heterocycles. The van der Waals surface area contributed by atoms with Crippen LogP contribution in [0.15, 0.2) is 53.5 Å². The first-order valence-corrected chi connectivity index (χ1v) is 12.6. The van der Waals surface area contributed by atoms with Crippen LogP contribution < -0.4 is 9.54 Å². The van der Waals surface area contributed by atoms with Crippen LogP contribution in [-0.2, 0) is 31.7 Å². The van der Waals surface area contributed by atoms with Crippen LogP contribution in [0.4, 0.5) is 0 Å². The minimum absolute atomic E-state index is 0.0852. The molecule has 3 aromatic rings. The van der Waals surface area contributed by atoms with E-state index in [4.69, 9.17) is 9.47 Å². The first kappa shape index (κ1) is 23.2. The van der Waals surface area contributed by atoms with E-state index >= 15 is 0 Å². The molecule has 31 heavy (non-hydrogen) atoms. The molecule has 0 aliphatic rings. The van der Waals surface area contributed by atoms with Gasteiger partial charge in [0.25, 0.3) is 0 Å². The second-order valence-electron chi connectivity index (χ2n) is 6.90. The number of amides is 1. The summed E-state index contributed by atoms with van der Waals surface area (Å²) in [5.74, 6) is -0.0593. The number of aromatic nitrogens is 1. The van der Waals surface area contributed by atoms with Gasteiger partial charge in [0, 0.05) is 19.6 Å². The van der Waals surface area contributed by atoms with Crippen molar-refractivity contribution in [3.05, 3.63) is 58.9 Å². The summed E-state index contributed by atoms with van der Waals surface area (Å²) in [5.41, 5.74) is 1.63. The average Bonchev–Trinajstić information content (AvgIpc) is 3.09. The molecule has 3 rings (SSSR count). The molecular weight excluding hydrogens is 436 g/mol. The Morgan fingerprint density at radius 2 is 1.94 bits per heavy atom. The lowest BCUT2D eigenvalue weighted by molar-refractivity contribution is -0.117. The summed E-state index contributed by atoms with van der Waals surface area (Å²) < 4.78 is 38.4. The van der Waals surface area contributed by atoms with E-state index in [9.17, 15) is 13.2 Å². The van der Waals surface area contributed by atoms with Crippen molar-refractivity contribution >= 4 is 37.3 Å². The zero-order chi connectivity index (χ0) is 22.3. The van der Waals surface area contributed by atoms with Gasteiger partial charge in [-0.2, -0.15) is 4.99 Å². The molecule has 0 spiro atoms. The Hall–Kier alpha value is -2.49. The molecule has 1 aromatic heterocycles. The van der Waals surface area contributed by atoms with Gasteiger partial charge in [0.1, 0.15) is 5.75 Å². The molecule has 0 bridgehead atoms. The van der Waals surface area contributed by atoms with Gasteiger partial charge in [-0.25, -0.2) is 8.42 Å². The molecule has 1 heterocycles. The van der Waals surface area contributed by atoms with Crippen molar-refractivity contribution in [2.45, 2.75) is 25.6 Å². The van der Waals surface area contributed by atoms with E-state index in [1.807, 2.05) is 35.8 Å². The molecule has 0 aliphatic carbocycles. The van der Waals surface area contributed by atoms with E-state index in [1.54, 1.807) is 31.4 Å². The smallest absolute Gasteiger partial charge is 0.249 e. The highest BCUT2D eigenvalue weighted by molar-refractivity contribution is 7.90. The molecule has 0 saturated carbocycles. The van der Waals surface area contributed by atoms with Crippen LogP contribution in [-0.4, -0.2) is 45.0 Å². The van der Waals surface area contributed by atoms with Crippen LogP contribution in [0.25, 0.3) is 10.2 Å². The van der Waals surface area contributed by atoms with Crippen molar-refractivity contribution in [1.82, 2.24) is 4.57 Å². The number of hydrogen-bond donors (Lipinski definition) is 0. The highest BCUT2D eigenvalue weighted by atomic mass is 32.2. The minimum Gasteiger partial charge on any atom is -0.497 e. The van der Waals surface area contributed by atoms with Crippen molar-refractivity contribution in [3.63, 3.8) is 0 Å². The maximum absolute atomic E-state index is 12.5. The van der Waals surface area contributed by atoms with E-state index < -0.39 is 15.7 Å². The topological polar surface area (TPSA) is 87.0 Å². The molecule has 9 heteroatoms. The van der Waals surface area contributed by atoms with Crippen molar-refractivity contribution in [1.29, 1.82) is 0 Å². The fourth-order valence-electron chi connectivity index (χ4n) is 3.09. The second kappa shape index (κ2) is 10.7. The van der Waals surface area contributed by atoms with Crippen molar-refractivity contribution in [2.75, 3.05) is 26.1 Å². The van der Waals surface area contributed by atoms with Crippen LogP contribution in [0, 0.1) is 0 Å². The number of fused-ring (bicyclic) bond motifs is 1. The third-order valence-electron chi connectivity index (χ3n) is 4.63. The van der Waals surface area contributed by atoms with Crippen LogP contribution in [0.2, 0.25) is 0 Å². The summed E-state index contributed by atoms with van der Waals surface area (Å²) in [6.07, 6.45) is -0.155. The summed E-state index contributed by atoms with van der Waals surface area (Å²) in [7, 11) is -1.80. The summed E-state index contributed by atoms with van der Waals surface area (Å²) >= 11 is 1.37. The van der Waals surface area contributed by atoms with Crippen LogP contribution in [0.3, 0.4) is 0 Å². The number of ether oxygens (including phenoxy) is 2. The number of carbonyl (C=O) groups is 1.